The molecule has 1 aromatic carbocycles. The van der Waals surface area contributed by atoms with E-state index in [9.17, 15) is 0 Å². The van der Waals surface area contributed by atoms with Gasteiger partial charge in [-0.15, -0.1) is 0 Å². The maximum atomic E-state index is 3.87. The summed E-state index contributed by atoms with van der Waals surface area (Å²) in [6.07, 6.45) is 4.17. The van der Waals surface area contributed by atoms with Gasteiger partial charge >= 0.3 is 0 Å². The Hall–Kier alpha value is -0.470. The van der Waals surface area contributed by atoms with Gasteiger partial charge in [0.1, 0.15) is 0 Å². The summed E-state index contributed by atoms with van der Waals surface area (Å²) in [5.41, 5.74) is 1.49. The smallest absolute Gasteiger partial charge is 0.0351 e. The molecule has 1 saturated heterocycles. The third-order valence-electron chi connectivity index (χ3n) is 3.60. The highest BCUT2D eigenvalue weighted by molar-refractivity contribution is 7.99. The molecule has 0 radical (unpaired) electrons. The number of nitrogens with one attached hydrogen (secondary N) is 1. The van der Waals surface area contributed by atoms with Gasteiger partial charge in [-0.25, -0.2) is 0 Å². The molecule has 86 valence electrons. The van der Waals surface area contributed by atoms with Gasteiger partial charge in [0.05, 0.1) is 0 Å². The molecule has 1 nitrogen and oxygen atoms in total. The molecule has 1 aliphatic carbocycles. The first kappa shape index (κ1) is 10.7. The summed E-state index contributed by atoms with van der Waals surface area (Å²) in [4.78, 5) is 0. The second kappa shape index (κ2) is 4.80. The van der Waals surface area contributed by atoms with Gasteiger partial charge < -0.3 is 5.32 Å². The van der Waals surface area contributed by atoms with Crippen LogP contribution in [0.15, 0.2) is 30.3 Å². The van der Waals surface area contributed by atoms with Gasteiger partial charge in [-0.05, 0) is 36.5 Å². The Morgan fingerprint density at radius 2 is 1.94 bits per heavy atom. The fraction of sp³-hybridized carbons (Fsp3) is 0.571. The Labute approximate surface area is 102 Å². The van der Waals surface area contributed by atoms with Crippen LogP contribution in [0.1, 0.15) is 30.9 Å². The fourth-order valence-electron chi connectivity index (χ4n) is 2.51. The summed E-state index contributed by atoms with van der Waals surface area (Å²) in [6.45, 7) is 0. The molecule has 2 heteroatoms. The third kappa shape index (κ3) is 2.44. The Bertz CT molecular complexity index is 328. The molecule has 1 aromatic rings. The Morgan fingerprint density at radius 1 is 1.12 bits per heavy atom. The fourth-order valence-corrected chi connectivity index (χ4v) is 3.68. The first-order valence-corrected chi connectivity index (χ1v) is 7.48. The predicted molar refractivity (Wildman–Crippen MR) is 70.8 cm³/mol. The average molecular weight is 233 g/mol. The molecule has 3 rings (SSSR count). The number of benzene rings is 1. The Kier molecular flexibility index (Phi) is 3.20. The molecule has 0 spiro atoms. The number of hydrogen-bond acceptors (Lipinski definition) is 2. The first-order chi connectivity index (χ1) is 7.93. The molecule has 2 unspecified atom stereocenters. The van der Waals surface area contributed by atoms with E-state index in [1.165, 1.54) is 36.3 Å². The second-order valence-corrected chi connectivity index (χ2v) is 6.10. The van der Waals surface area contributed by atoms with Crippen LogP contribution in [0, 0.1) is 5.92 Å². The van der Waals surface area contributed by atoms with E-state index < -0.39 is 0 Å². The van der Waals surface area contributed by atoms with Crippen LogP contribution >= 0.6 is 11.8 Å². The highest BCUT2D eigenvalue weighted by Gasteiger charge is 2.33. The molecule has 2 atom stereocenters. The van der Waals surface area contributed by atoms with Gasteiger partial charge in [0.2, 0.25) is 0 Å². The Morgan fingerprint density at radius 3 is 2.56 bits per heavy atom. The third-order valence-corrected chi connectivity index (χ3v) is 4.76. The zero-order chi connectivity index (χ0) is 10.8. The lowest BCUT2D eigenvalue weighted by molar-refractivity contribution is 0.423. The van der Waals surface area contributed by atoms with Gasteiger partial charge in [-0.1, -0.05) is 30.3 Å². The number of rotatable bonds is 4. The lowest BCUT2D eigenvalue weighted by Gasteiger charge is -2.22. The second-order valence-electron chi connectivity index (χ2n) is 4.95. The SMILES string of the molecule is c1ccc(C(NC2CCSC2)C2CC2)cc1. The van der Waals surface area contributed by atoms with E-state index in [1.807, 2.05) is 0 Å². The van der Waals surface area contributed by atoms with Gasteiger partial charge in [0, 0.05) is 17.8 Å². The number of thioether (sulfide) groups is 1. The van der Waals surface area contributed by atoms with Gasteiger partial charge in [-0.2, -0.15) is 11.8 Å². The summed E-state index contributed by atoms with van der Waals surface area (Å²) >= 11 is 2.09. The molecule has 0 amide bonds. The van der Waals surface area contributed by atoms with E-state index in [4.69, 9.17) is 0 Å². The highest BCUT2D eigenvalue weighted by atomic mass is 32.2. The van der Waals surface area contributed by atoms with Crippen LogP contribution in [0.2, 0.25) is 0 Å². The minimum Gasteiger partial charge on any atom is -0.306 e. The monoisotopic (exact) mass is 233 g/mol. The van der Waals surface area contributed by atoms with Crippen molar-refractivity contribution in [1.82, 2.24) is 5.32 Å². The zero-order valence-corrected chi connectivity index (χ0v) is 10.4. The highest BCUT2D eigenvalue weighted by Crippen LogP contribution is 2.41. The van der Waals surface area contributed by atoms with E-state index in [1.54, 1.807) is 0 Å². The molecule has 2 fully saturated rings. The first-order valence-electron chi connectivity index (χ1n) is 6.32. The largest absolute Gasteiger partial charge is 0.306 e. The molecule has 1 saturated carbocycles. The molecule has 1 aliphatic heterocycles. The van der Waals surface area contributed by atoms with Crippen LogP contribution in [0.4, 0.5) is 0 Å². The van der Waals surface area contributed by atoms with Gasteiger partial charge in [0.15, 0.2) is 0 Å². The average Bonchev–Trinajstić information content (AvgIpc) is 3.05. The molecular weight excluding hydrogens is 214 g/mol. The van der Waals surface area contributed by atoms with Crippen LogP contribution in [-0.4, -0.2) is 17.5 Å². The van der Waals surface area contributed by atoms with Crippen molar-refractivity contribution in [3.8, 4) is 0 Å². The molecular formula is C14H19NS. The molecule has 16 heavy (non-hydrogen) atoms. The molecule has 2 aliphatic rings. The molecule has 1 N–H and O–H groups in total. The molecule has 0 aromatic heterocycles. The van der Waals surface area contributed by atoms with Gasteiger partial charge in [-0.3, -0.25) is 0 Å². The van der Waals surface area contributed by atoms with Crippen LogP contribution in [-0.2, 0) is 0 Å². The minimum atomic E-state index is 0.616. The summed E-state index contributed by atoms with van der Waals surface area (Å²) in [6, 6.07) is 12.3. The molecule has 1 heterocycles. The maximum absolute atomic E-state index is 3.87. The number of hydrogen-bond donors (Lipinski definition) is 1. The van der Waals surface area contributed by atoms with E-state index in [0.717, 1.165) is 12.0 Å². The maximum Gasteiger partial charge on any atom is 0.0351 e. The van der Waals surface area contributed by atoms with Crippen LogP contribution in [0.3, 0.4) is 0 Å². The topological polar surface area (TPSA) is 12.0 Å². The van der Waals surface area contributed by atoms with Crippen LogP contribution in [0.5, 0.6) is 0 Å². The molecule has 0 bridgehead atoms. The van der Waals surface area contributed by atoms with E-state index in [2.05, 4.69) is 47.4 Å². The summed E-state index contributed by atoms with van der Waals surface area (Å²) in [5.74, 6) is 3.54. The van der Waals surface area contributed by atoms with Crippen LogP contribution in [0.25, 0.3) is 0 Å². The van der Waals surface area contributed by atoms with Crippen molar-refractivity contribution < 1.29 is 0 Å². The normalized spacial score (nSPS) is 26.9. The van der Waals surface area contributed by atoms with Crippen molar-refractivity contribution in [3.05, 3.63) is 35.9 Å². The lowest BCUT2D eigenvalue weighted by atomic mass is 10.0. The quantitative estimate of drug-likeness (QED) is 0.857. The van der Waals surface area contributed by atoms with E-state index in [0.29, 0.717) is 6.04 Å². The standard InChI is InChI=1S/C14H19NS/c1-2-4-11(5-3-1)14(12-6-7-12)15-13-8-9-16-10-13/h1-5,12-15H,6-10H2. The van der Waals surface area contributed by atoms with Crippen molar-refractivity contribution in [2.24, 2.45) is 5.92 Å². The van der Waals surface area contributed by atoms with Crippen molar-refractivity contribution in [1.29, 1.82) is 0 Å². The predicted octanol–water partition coefficient (Wildman–Crippen LogP) is 3.23. The van der Waals surface area contributed by atoms with E-state index in [-0.39, 0.29) is 0 Å². The summed E-state index contributed by atoms with van der Waals surface area (Å²) in [5, 5.41) is 3.87. The van der Waals surface area contributed by atoms with Crippen molar-refractivity contribution in [2.75, 3.05) is 11.5 Å². The van der Waals surface area contributed by atoms with Crippen molar-refractivity contribution in [2.45, 2.75) is 31.3 Å². The van der Waals surface area contributed by atoms with Gasteiger partial charge in [0.25, 0.3) is 0 Å². The zero-order valence-electron chi connectivity index (χ0n) is 9.56. The Balaban J connectivity index is 1.71. The van der Waals surface area contributed by atoms with Crippen LogP contribution < -0.4 is 5.32 Å². The lowest BCUT2D eigenvalue weighted by Crippen LogP contribution is -2.33. The van der Waals surface area contributed by atoms with Crippen molar-refractivity contribution in [3.63, 3.8) is 0 Å². The summed E-state index contributed by atoms with van der Waals surface area (Å²) < 4.78 is 0. The van der Waals surface area contributed by atoms with E-state index >= 15 is 0 Å². The minimum absolute atomic E-state index is 0.616. The summed E-state index contributed by atoms with van der Waals surface area (Å²) in [7, 11) is 0. The van der Waals surface area contributed by atoms with Crippen molar-refractivity contribution >= 4 is 11.8 Å².